The molecule has 0 heterocycles. The summed E-state index contributed by atoms with van der Waals surface area (Å²) < 4.78 is 68.4. The second-order valence-electron chi connectivity index (χ2n) is 26.8. The number of hydrogen-bond donors (Lipinski definition) is 3. The number of aliphatic hydroxyl groups is 1. The van der Waals surface area contributed by atoms with E-state index >= 15 is 0 Å². The van der Waals surface area contributed by atoms with E-state index in [0.29, 0.717) is 25.7 Å². The molecule has 546 valence electrons. The molecule has 0 aromatic rings. The first kappa shape index (κ1) is 90.1. The van der Waals surface area contributed by atoms with Crippen LogP contribution in [-0.4, -0.2) is 96.7 Å². The Kier molecular flexibility index (Phi) is 64.9. The Morgan fingerprint density at radius 3 is 0.739 bits per heavy atom. The van der Waals surface area contributed by atoms with Crippen LogP contribution in [0, 0.1) is 5.92 Å². The van der Waals surface area contributed by atoms with E-state index in [9.17, 15) is 43.2 Å². The molecule has 0 bridgehead atoms. The Labute approximate surface area is 562 Å². The zero-order valence-corrected chi connectivity index (χ0v) is 61.5. The molecule has 19 heteroatoms. The van der Waals surface area contributed by atoms with Crippen molar-refractivity contribution in [1.82, 2.24) is 0 Å². The van der Waals surface area contributed by atoms with Gasteiger partial charge in [0.25, 0.3) is 0 Å². The predicted octanol–water partition coefficient (Wildman–Crippen LogP) is 21.3. The molecule has 2 unspecified atom stereocenters. The molecule has 0 aliphatic rings. The van der Waals surface area contributed by atoms with Crippen LogP contribution < -0.4 is 0 Å². The van der Waals surface area contributed by atoms with Crippen molar-refractivity contribution in [3.8, 4) is 0 Å². The van der Waals surface area contributed by atoms with Crippen LogP contribution in [0.2, 0.25) is 0 Å². The summed E-state index contributed by atoms with van der Waals surface area (Å²) in [4.78, 5) is 72.6. The monoisotopic (exact) mass is 1350 g/mol. The highest BCUT2D eigenvalue weighted by molar-refractivity contribution is 7.47. The van der Waals surface area contributed by atoms with Gasteiger partial charge in [0.1, 0.15) is 19.3 Å². The number of esters is 4. The van der Waals surface area contributed by atoms with E-state index in [1.165, 1.54) is 199 Å². The standard InChI is InChI=1S/C73H142O17P2/c1-6-9-12-15-18-21-23-25-26-30-34-37-42-47-52-57-71(76)84-63-69(90-73(78)59-54-49-44-39-35-31-28-27-29-32-36-40-45-50-55-66(4)5)65-88-92(81,82)86-61-67(74)60-85-91(79,80)87-64-68(62-83-70(75)56-51-46-41-20-17-14-11-8-3)89-72(77)58-53-48-43-38-33-24-22-19-16-13-10-7-2/h66-69,74H,6-65H2,1-5H3,(H,79,80)(H,81,82)/t67-,68+,69+/m0/s1. The lowest BCUT2D eigenvalue weighted by Crippen LogP contribution is -2.30. The van der Waals surface area contributed by atoms with Crippen molar-refractivity contribution in [2.45, 2.75) is 400 Å². The Morgan fingerprint density at radius 1 is 0.293 bits per heavy atom. The fourth-order valence-electron chi connectivity index (χ4n) is 11.2. The normalized spacial score (nSPS) is 14.0. The molecule has 0 saturated carbocycles. The quantitative estimate of drug-likeness (QED) is 0.0222. The number of aliphatic hydroxyl groups excluding tert-OH is 1. The maximum atomic E-state index is 13.1. The number of rotatable bonds is 73. The molecular weight excluding hydrogens is 1210 g/mol. The Hall–Kier alpha value is -1.94. The number of unbranched alkanes of at least 4 members (excludes halogenated alkanes) is 45. The number of phosphoric ester groups is 2. The molecule has 17 nitrogen and oxygen atoms in total. The van der Waals surface area contributed by atoms with E-state index in [1.54, 1.807) is 0 Å². The fraction of sp³-hybridized carbons (Fsp3) is 0.945. The summed E-state index contributed by atoms with van der Waals surface area (Å²) >= 11 is 0. The van der Waals surface area contributed by atoms with Gasteiger partial charge in [-0.05, 0) is 31.6 Å². The first-order valence-electron chi connectivity index (χ1n) is 38.1. The first-order valence-corrected chi connectivity index (χ1v) is 41.1. The molecule has 3 N–H and O–H groups in total. The molecule has 0 fully saturated rings. The second-order valence-corrected chi connectivity index (χ2v) is 29.7. The molecule has 0 aliphatic carbocycles. The topological polar surface area (TPSA) is 237 Å². The van der Waals surface area contributed by atoms with Gasteiger partial charge in [-0.25, -0.2) is 9.13 Å². The zero-order valence-electron chi connectivity index (χ0n) is 59.7. The molecule has 92 heavy (non-hydrogen) atoms. The van der Waals surface area contributed by atoms with Crippen LogP contribution >= 0.6 is 15.6 Å². The summed E-state index contributed by atoms with van der Waals surface area (Å²) in [6, 6.07) is 0. The van der Waals surface area contributed by atoms with Crippen LogP contribution in [0.5, 0.6) is 0 Å². The second kappa shape index (κ2) is 66.3. The zero-order chi connectivity index (χ0) is 67.7. The van der Waals surface area contributed by atoms with Crippen molar-refractivity contribution < 1.29 is 80.2 Å². The summed E-state index contributed by atoms with van der Waals surface area (Å²) in [6.07, 6.45) is 54.0. The molecule has 0 amide bonds. The van der Waals surface area contributed by atoms with Gasteiger partial charge in [0.05, 0.1) is 26.4 Å². The number of phosphoric acid groups is 2. The van der Waals surface area contributed by atoms with Crippen LogP contribution in [0.1, 0.15) is 381 Å². The third kappa shape index (κ3) is 66.7. The fourth-order valence-corrected chi connectivity index (χ4v) is 12.8. The van der Waals surface area contributed by atoms with E-state index in [-0.39, 0.29) is 25.7 Å². The average Bonchev–Trinajstić information content (AvgIpc) is 3.11. The number of carbonyl (C=O) groups is 4. The van der Waals surface area contributed by atoms with Gasteiger partial charge in [0, 0.05) is 25.7 Å². The lowest BCUT2D eigenvalue weighted by atomic mass is 10.0. The lowest BCUT2D eigenvalue weighted by molar-refractivity contribution is -0.161. The SMILES string of the molecule is CCCCCCCCCCCCCCCCCC(=O)OC[C@H](COP(=O)(O)OC[C@@H](O)COP(=O)(O)OC[C@@H](COC(=O)CCCCCCCCCC)OC(=O)CCCCCCCCCCCCCC)OC(=O)CCCCCCCCCCCCCCCCC(C)C. The molecule has 0 spiro atoms. The number of hydrogen-bond acceptors (Lipinski definition) is 15. The summed E-state index contributed by atoms with van der Waals surface area (Å²) in [5.74, 6) is -1.32. The highest BCUT2D eigenvalue weighted by atomic mass is 31.2. The van der Waals surface area contributed by atoms with Crippen molar-refractivity contribution in [2.75, 3.05) is 39.6 Å². The third-order valence-electron chi connectivity index (χ3n) is 17.0. The average molecular weight is 1350 g/mol. The van der Waals surface area contributed by atoms with Crippen LogP contribution in [0.25, 0.3) is 0 Å². The maximum Gasteiger partial charge on any atom is 0.472 e. The van der Waals surface area contributed by atoms with E-state index in [1.807, 2.05) is 0 Å². The summed E-state index contributed by atoms with van der Waals surface area (Å²) in [7, 11) is -9.90. The minimum absolute atomic E-state index is 0.107. The van der Waals surface area contributed by atoms with Crippen LogP contribution in [0.15, 0.2) is 0 Å². The van der Waals surface area contributed by atoms with Crippen molar-refractivity contribution in [1.29, 1.82) is 0 Å². The number of carbonyl (C=O) groups excluding carboxylic acids is 4. The Morgan fingerprint density at radius 2 is 0.500 bits per heavy atom. The highest BCUT2D eigenvalue weighted by Gasteiger charge is 2.30. The third-order valence-corrected chi connectivity index (χ3v) is 18.9. The smallest absolute Gasteiger partial charge is 0.462 e. The minimum atomic E-state index is -4.95. The highest BCUT2D eigenvalue weighted by Crippen LogP contribution is 2.45. The van der Waals surface area contributed by atoms with Gasteiger partial charge < -0.3 is 33.8 Å². The molecule has 0 rings (SSSR count). The van der Waals surface area contributed by atoms with Crippen LogP contribution in [0.3, 0.4) is 0 Å². The van der Waals surface area contributed by atoms with Gasteiger partial charge >= 0.3 is 39.5 Å². The molecule has 0 radical (unpaired) electrons. The van der Waals surface area contributed by atoms with E-state index in [4.69, 9.17) is 37.0 Å². The minimum Gasteiger partial charge on any atom is -0.462 e. The summed E-state index contributed by atoms with van der Waals surface area (Å²) in [5, 5.41) is 10.6. The van der Waals surface area contributed by atoms with Gasteiger partial charge in [-0.1, -0.05) is 330 Å². The van der Waals surface area contributed by atoms with Crippen LogP contribution in [-0.2, 0) is 65.4 Å². The first-order chi connectivity index (χ1) is 44.5. The molecular formula is C73H142O17P2. The molecule has 0 saturated heterocycles. The van der Waals surface area contributed by atoms with E-state index in [2.05, 4.69) is 34.6 Å². The summed E-state index contributed by atoms with van der Waals surface area (Å²) in [6.45, 7) is 7.27. The molecule has 5 atom stereocenters. The van der Waals surface area contributed by atoms with Gasteiger partial charge in [-0.15, -0.1) is 0 Å². The van der Waals surface area contributed by atoms with Gasteiger partial charge in [0.15, 0.2) is 12.2 Å². The Bertz CT molecular complexity index is 1770. The largest absolute Gasteiger partial charge is 0.472 e. The van der Waals surface area contributed by atoms with Crippen LogP contribution in [0.4, 0.5) is 0 Å². The molecule has 0 aromatic heterocycles. The van der Waals surface area contributed by atoms with Crippen molar-refractivity contribution in [3.05, 3.63) is 0 Å². The van der Waals surface area contributed by atoms with Crippen molar-refractivity contribution in [2.24, 2.45) is 5.92 Å². The van der Waals surface area contributed by atoms with Crippen molar-refractivity contribution >= 4 is 39.5 Å². The van der Waals surface area contributed by atoms with E-state index in [0.717, 1.165) is 102 Å². The molecule has 0 aliphatic heterocycles. The predicted molar refractivity (Wildman–Crippen MR) is 372 cm³/mol. The van der Waals surface area contributed by atoms with Gasteiger partial charge in [-0.3, -0.25) is 37.3 Å². The number of ether oxygens (including phenoxy) is 4. The van der Waals surface area contributed by atoms with E-state index < -0.39 is 97.5 Å². The molecule has 0 aromatic carbocycles. The lowest BCUT2D eigenvalue weighted by Gasteiger charge is -2.21. The maximum absolute atomic E-state index is 13.1. The Balaban J connectivity index is 5.21. The van der Waals surface area contributed by atoms with Gasteiger partial charge in [0.2, 0.25) is 0 Å². The van der Waals surface area contributed by atoms with Crippen molar-refractivity contribution in [3.63, 3.8) is 0 Å². The summed E-state index contributed by atoms with van der Waals surface area (Å²) in [5.41, 5.74) is 0. The van der Waals surface area contributed by atoms with Gasteiger partial charge in [-0.2, -0.15) is 0 Å².